The van der Waals surface area contributed by atoms with Gasteiger partial charge in [0.25, 0.3) is 0 Å². The van der Waals surface area contributed by atoms with E-state index in [0.29, 0.717) is 5.88 Å². The quantitative estimate of drug-likeness (QED) is 0.656. The number of benzene rings is 1. The highest BCUT2D eigenvalue weighted by Crippen LogP contribution is 2.27. The van der Waals surface area contributed by atoms with Gasteiger partial charge in [-0.3, -0.25) is 4.57 Å². The summed E-state index contributed by atoms with van der Waals surface area (Å²) in [7, 11) is 0. The van der Waals surface area contributed by atoms with Crippen molar-refractivity contribution in [3.8, 4) is 5.69 Å². The minimum absolute atomic E-state index is 0.321. The highest BCUT2D eigenvalue weighted by Gasteiger charge is 2.15. The number of pyridine rings is 1. The van der Waals surface area contributed by atoms with Gasteiger partial charge in [0.05, 0.1) is 11.6 Å². The number of imidazole rings is 1. The lowest BCUT2D eigenvalue weighted by Gasteiger charge is -2.11. The Morgan fingerprint density at radius 2 is 2.05 bits per heavy atom. The average Bonchev–Trinajstić information content (AvgIpc) is 2.79. The zero-order chi connectivity index (χ0) is 14.3. The van der Waals surface area contributed by atoms with Gasteiger partial charge < -0.3 is 0 Å². The van der Waals surface area contributed by atoms with E-state index in [4.69, 9.17) is 23.2 Å². The molecule has 0 spiro atoms. The molecule has 3 rings (SSSR count). The van der Waals surface area contributed by atoms with Crippen molar-refractivity contribution in [1.29, 1.82) is 0 Å². The van der Waals surface area contributed by atoms with Crippen LogP contribution in [0.5, 0.6) is 0 Å². The molecule has 0 bridgehead atoms. The van der Waals surface area contributed by atoms with Gasteiger partial charge in [-0.15, -0.1) is 11.6 Å². The Morgan fingerprint density at radius 3 is 2.80 bits per heavy atom. The van der Waals surface area contributed by atoms with Crippen LogP contribution in [0.3, 0.4) is 0 Å². The van der Waals surface area contributed by atoms with Crippen molar-refractivity contribution in [2.24, 2.45) is 0 Å². The molecule has 5 heteroatoms. The standard InChI is InChI=1S/C15H13Cl2N3/c1-9-6-12-15(18-8-9)20(14(7-16)19-12)13-5-3-4-11(17)10(13)2/h3-6,8H,7H2,1-2H3. The lowest BCUT2D eigenvalue weighted by atomic mass is 10.2. The van der Waals surface area contributed by atoms with Crippen LogP contribution in [0.2, 0.25) is 5.02 Å². The van der Waals surface area contributed by atoms with E-state index in [1.165, 1.54) is 0 Å². The number of aryl methyl sites for hydroxylation is 1. The largest absolute Gasteiger partial charge is 0.279 e. The first-order valence-corrected chi connectivity index (χ1v) is 7.18. The summed E-state index contributed by atoms with van der Waals surface area (Å²) in [4.78, 5) is 9.06. The summed E-state index contributed by atoms with van der Waals surface area (Å²) in [6.07, 6.45) is 1.83. The van der Waals surface area contributed by atoms with Crippen LogP contribution in [0, 0.1) is 13.8 Å². The number of hydrogen-bond acceptors (Lipinski definition) is 2. The molecule has 0 unspecified atom stereocenters. The van der Waals surface area contributed by atoms with Gasteiger partial charge in [0.1, 0.15) is 11.3 Å². The summed E-state index contributed by atoms with van der Waals surface area (Å²) >= 11 is 12.3. The second-order valence-corrected chi connectivity index (χ2v) is 5.41. The molecule has 102 valence electrons. The molecule has 2 aromatic heterocycles. The van der Waals surface area contributed by atoms with E-state index < -0.39 is 0 Å². The number of alkyl halides is 1. The highest BCUT2D eigenvalue weighted by atomic mass is 35.5. The fourth-order valence-electron chi connectivity index (χ4n) is 2.29. The van der Waals surface area contributed by atoms with E-state index in [-0.39, 0.29) is 0 Å². The van der Waals surface area contributed by atoms with Crippen LogP contribution in [-0.4, -0.2) is 14.5 Å². The van der Waals surface area contributed by atoms with Gasteiger partial charge in [-0.25, -0.2) is 9.97 Å². The zero-order valence-electron chi connectivity index (χ0n) is 11.2. The van der Waals surface area contributed by atoms with E-state index in [2.05, 4.69) is 9.97 Å². The summed E-state index contributed by atoms with van der Waals surface area (Å²) in [5, 5.41) is 0.719. The number of halogens is 2. The summed E-state index contributed by atoms with van der Waals surface area (Å²) in [6, 6.07) is 7.80. The van der Waals surface area contributed by atoms with Crippen LogP contribution in [0.1, 0.15) is 17.0 Å². The number of rotatable bonds is 2. The third-order valence-electron chi connectivity index (χ3n) is 3.30. The van der Waals surface area contributed by atoms with Gasteiger partial charge >= 0.3 is 0 Å². The number of fused-ring (bicyclic) bond motifs is 1. The second kappa shape index (κ2) is 5.08. The molecule has 0 amide bonds. The molecule has 1 aromatic carbocycles. The Bertz CT molecular complexity index is 793. The van der Waals surface area contributed by atoms with Gasteiger partial charge in [0.15, 0.2) is 5.65 Å². The van der Waals surface area contributed by atoms with Crippen LogP contribution in [0.25, 0.3) is 16.9 Å². The van der Waals surface area contributed by atoms with Crippen molar-refractivity contribution in [1.82, 2.24) is 14.5 Å². The van der Waals surface area contributed by atoms with Gasteiger partial charge in [-0.1, -0.05) is 17.7 Å². The van der Waals surface area contributed by atoms with Crippen LogP contribution in [0.15, 0.2) is 30.5 Å². The number of aromatic nitrogens is 3. The molecule has 0 aliphatic carbocycles. The second-order valence-electron chi connectivity index (χ2n) is 4.74. The van der Waals surface area contributed by atoms with Crippen molar-refractivity contribution in [2.45, 2.75) is 19.7 Å². The van der Waals surface area contributed by atoms with Crippen molar-refractivity contribution >= 4 is 34.4 Å². The van der Waals surface area contributed by atoms with Gasteiger partial charge in [-0.05, 0) is 43.2 Å². The molecular formula is C15H13Cl2N3. The molecule has 0 saturated heterocycles. The predicted molar refractivity (Wildman–Crippen MR) is 82.9 cm³/mol. The van der Waals surface area contributed by atoms with E-state index >= 15 is 0 Å². The Labute approximate surface area is 127 Å². The molecule has 0 aliphatic heterocycles. The van der Waals surface area contributed by atoms with Crippen LogP contribution in [0.4, 0.5) is 0 Å². The molecule has 3 nitrogen and oxygen atoms in total. The minimum atomic E-state index is 0.321. The van der Waals surface area contributed by atoms with Crippen LogP contribution >= 0.6 is 23.2 Å². The Hall–Kier alpha value is -1.58. The fraction of sp³-hybridized carbons (Fsp3) is 0.200. The topological polar surface area (TPSA) is 30.7 Å². The maximum Gasteiger partial charge on any atom is 0.164 e. The SMILES string of the molecule is Cc1cnc2c(c1)nc(CCl)n2-c1cccc(Cl)c1C. The molecule has 20 heavy (non-hydrogen) atoms. The zero-order valence-corrected chi connectivity index (χ0v) is 12.7. The smallest absolute Gasteiger partial charge is 0.164 e. The summed E-state index contributed by atoms with van der Waals surface area (Å²) in [6.45, 7) is 3.98. The maximum atomic E-state index is 6.22. The minimum Gasteiger partial charge on any atom is -0.279 e. The van der Waals surface area contributed by atoms with E-state index in [0.717, 1.165) is 38.8 Å². The van der Waals surface area contributed by atoms with Gasteiger partial charge in [0.2, 0.25) is 0 Å². The van der Waals surface area contributed by atoms with Crippen molar-refractivity contribution < 1.29 is 0 Å². The molecule has 3 aromatic rings. The van der Waals surface area contributed by atoms with Crippen molar-refractivity contribution in [3.63, 3.8) is 0 Å². The van der Waals surface area contributed by atoms with E-state index in [1.54, 1.807) is 0 Å². The van der Waals surface area contributed by atoms with Crippen LogP contribution < -0.4 is 0 Å². The van der Waals surface area contributed by atoms with E-state index in [9.17, 15) is 0 Å². The van der Waals surface area contributed by atoms with Crippen molar-refractivity contribution in [3.05, 3.63) is 52.4 Å². The maximum absolute atomic E-state index is 6.22. The van der Waals surface area contributed by atoms with E-state index in [1.807, 2.05) is 48.9 Å². The Balaban J connectivity index is 2.37. The number of hydrogen-bond donors (Lipinski definition) is 0. The molecule has 0 aliphatic rings. The Morgan fingerprint density at radius 1 is 1.25 bits per heavy atom. The third-order valence-corrected chi connectivity index (χ3v) is 3.95. The fourth-order valence-corrected chi connectivity index (χ4v) is 2.64. The van der Waals surface area contributed by atoms with Crippen LogP contribution in [-0.2, 0) is 5.88 Å². The van der Waals surface area contributed by atoms with Crippen molar-refractivity contribution in [2.75, 3.05) is 0 Å². The Kier molecular flexibility index (Phi) is 3.40. The molecule has 0 saturated carbocycles. The first-order valence-electron chi connectivity index (χ1n) is 6.27. The molecule has 0 N–H and O–H groups in total. The van der Waals surface area contributed by atoms with Gasteiger partial charge in [0, 0.05) is 11.2 Å². The first-order chi connectivity index (χ1) is 9.61. The average molecular weight is 306 g/mol. The lowest BCUT2D eigenvalue weighted by Crippen LogP contribution is -2.02. The normalized spacial score (nSPS) is 11.2. The molecule has 0 fully saturated rings. The predicted octanol–water partition coefficient (Wildman–Crippen LogP) is 4.43. The summed E-state index contributed by atoms with van der Waals surface area (Å²) < 4.78 is 1.98. The summed E-state index contributed by atoms with van der Waals surface area (Å²) in [5.41, 5.74) is 4.68. The molecule has 0 atom stereocenters. The summed E-state index contributed by atoms with van der Waals surface area (Å²) in [5.74, 6) is 1.09. The molecule has 2 heterocycles. The lowest BCUT2D eigenvalue weighted by molar-refractivity contribution is 0.960. The third kappa shape index (κ3) is 2.07. The molecular weight excluding hydrogens is 293 g/mol. The monoisotopic (exact) mass is 305 g/mol. The highest BCUT2D eigenvalue weighted by molar-refractivity contribution is 6.31. The number of nitrogens with zero attached hydrogens (tertiary/aromatic N) is 3. The first kappa shape index (κ1) is 13.4. The molecule has 0 radical (unpaired) electrons. The van der Waals surface area contributed by atoms with Gasteiger partial charge in [-0.2, -0.15) is 0 Å².